The van der Waals surface area contributed by atoms with E-state index in [1.165, 1.54) is 11.8 Å². The van der Waals surface area contributed by atoms with E-state index in [0.29, 0.717) is 6.54 Å². The van der Waals surface area contributed by atoms with E-state index < -0.39 is 0 Å². The third-order valence-corrected chi connectivity index (χ3v) is 4.50. The van der Waals surface area contributed by atoms with Crippen molar-refractivity contribution in [3.8, 4) is 0 Å². The van der Waals surface area contributed by atoms with Gasteiger partial charge in [-0.3, -0.25) is 10.0 Å². The number of hydrogen-bond donors (Lipinski definition) is 1. The maximum atomic E-state index is 11.9. The Kier molecular flexibility index (Phi) is 4.48. The van der Waals surface area contributed by atoms with Gasteiger partial charge in [0.2, 0.25) is 0 Å². The molecule has 1 aliphatic heterocycles. The largest absolute Gasteiger partial charge is 0.286 e. The van der Waals surface area contributed by atoms with E-state index in [-0.39, 0.29) is 11.2 Å². The Hall–Kier alpha value is -0.520. The number of nitrogens with zero attached hydrogens (tertiary/aromatic N) is 1. The topological polar surface area (TPSA) is 40.5 Å². The van der Waals surface area contributed by atoms with E-state index >= 15 is 0 Å². The predicted molar refractivity (Wildman–Crippen MR) is 71.1 cm³/mol. The Labute approximate surface area is 113 Å². The molecule has 0 spiro atoms. The molecule has 0 radical (unpaired) electrons. The lowest BCUT2D eigenvalue weighted by Gasteiger charge is -2.17. The number of rotatable bonds is 2. The molecule has 1 saturated heterocycles. The molecule has 1 unspecified atom stereocenters. The summed E-state index contributed by atoms with van der Waals surface area (Å²) in [4.78, 5) is 12.9. The van der Waals surface area contributed by atoms with Crippen LogP contribution < -0.4 is 0 Å². The second kappa shape index (κ2) is 5.89. The minimum absolute atomic E-state index is 0.163. The van der Waals surface area contributed by atoms with Crippen molar-refractivity contribution in [2.24, 2.45) is 0 Å². The van der Waals surface area contributed by atoms with Gasteiger partial charge in [-0.1, -0.05) is 15.9 Å². The van der Waals surface area contributed by atoms with Crippen LogP contribution in [0.4, 0.5) is 0 Å². The average Bonchev–Trinajstić information content (AvgIpc) is 2.48. The smallest absolute Gasteiger partial charge is 0.259 e. The highest BCUT2D eigenvalue weighted by Gasteiger charge is 2.26. The van der Waals surface area contributed by atoms with Crippen LogP contribution in [0.25, 0.3) is 0 Å². The lowest BCUT2D eigenvalue weighted by Crippen LogP contribution is -2.33. The van der Waals surface area contributed by atoms with Gasteiger partial charge in [-0.05, 0) is 43.5 Å². The fourth-order valence-corrected chi connectivity index (χ4v) is 3.17. The lowest BCUT2D eigenvalue weighted by atomic mass is 10.2. The first kappa shape index (κ1) is 12.9. The van der Waals surface area contributed by atoms with Gasteiger partial charge in [0.05, 0.1) is 5.25 Å². The molecule has 17 heavy (non-hydrogen) atoms. The summed E-state index contributed by atoms with van der Waals surface area (Å²) < 4.78 is 1.03. The number of halogens is 1. The molecule has 1 amide bonds. The van der Waals surface area contributed by atoms with Gasteiger partial charge in [0.1, 0.15) is 0 Å². The zero-order chi connectivity index (χ0) is 12.3. The highest BCUT2D eigenvalue weighted by Crippen LogP contribution is 2.30. The minimum Gasteiger partial charge on any atom is -0.286 e. The highest BCUT2D eigenvalue weighted by molar-refractivity contribution is 9.10. The van der Waals surface area contributed by atoms with E-state index in [0.717, 1.165) is 33.7 Å². The molecule has 1 aromatic rings. The molecule has 1 atom stereocenters. The van der Waals surface area contributed by atoms with Crippen molar-refractivity contribution in [3.63, 3.8) is 0 Å². The molecular weight excluding hydrogens is 302 g/mol. The Morgan fingerprint density at radius 2 is 2.00 bits per heavy atom. The first-order valence-corrected chi connectivity index (χ1v) is 7.26. The summed E-state index contributed by atoms with van der Waals surface area (Å²) in [6, 6.07) is 7.88. The maximum absolute atomic E-state index is 11.9. The monoisotopic (exact) mass is 315 g/mol. The molecule has 0 bridgehead atoms. The summed E-state index contributed by atoms with van der Waals surface area (Å²) in [6.45, 7) is 0.455. The Balaban J connectivity index is 2.06. The molecule has 1 aromatic carbocycles. The molecule has 92 valence electrons. The summed E-state index contributed by atoms with van der Waals surface area (Å²) in [6.07, 6.45) is 2.69. The zero-order valence-electron chi connectivity index (χ0n) is 9.30. The Morgan fingerprint density at radius 3 is 2.71 bits per heavy atom. The van der Waals surface area contributed by atoms with Gasteiger partial charge >= 0.3 is 0 Å². The first-order chi connectivity index (χ1) is 8.16. The number of benzene rings is 1. The van der Waals surface area contributed by atoms with Gasteiger partial charge in [-0.25, -0.2) is 5.06 Å². The summed E-state index contributed by atoms with van der Waals surface area (Å²) in [5, 5.41) is 10.2. The molecule has 5 heteroatoms. The van der Waals surface area contributed by atoms with Crippen LogP contribution in [0.5, 0.6) is 0 Å². The molecule has 1 fully saturated rings. The number of thioether (sulfide) groups is 1. The third-order valence-electron chi connectivity index (χ3n) is 2.71. The van der Waals surface area contributed by atoms with Crippen LogP contribution in [-0.4, -0.2) is 28.0 Å². The van der Waals surface area contributed by atoms with Gasteiger partial charge in [0.15, 0.2) is 0 Å². The number of hydroxylamine groups is 2. The summed E-state index contributed by atoms with van der Waals surface area (Å²) in [5.41, 5.74) is 0. The highest BCUT2D eigenvalue weighted by atomic mass is 79.9. The number of carbonyl (C=O) groups is 1. The third kappa shape index (κ3) is 3.47. The van der Waals surface area contributed by atoms with Gasteiger partial charge in [-0.15, -0.1) is 11.8 Å². The van der Waals surface area contributed by atoms with E-state index in [4.69, 9.17) is 0 Å². The zero-order valence-corrected chi connectivity index (χ0v) is 11.7. The molecule has 1 aliphatic rings. The number of amides is 1. The van der Waals surface area contributed by atoms with Gasteiger partial charge in [0.25, 0.3) is 5.91 Å². The SMILES string of the molecule is O=C1C(Sc2ccc(Br)cc2)CCCCN1O. The quantitative estimate of drug-likeness (QED) is 0.851. The van der Waals surface area contributed by atoms with E-state index in [2.05, 4.69) is 15.9 Å². The van der Waals surface area contributed by atoms with Crippen LogP contribution >= 0.6 is 27.7 Å². The Bertz CT molecular complexity index is 396. The predicted octanol–water partition coefficient (Wildman–Crippen LogP) is 3.31. The van der Waals surface area contributed by atoms with Crippen LogP contribution in [0.1, 0.15) is 19.3 Å². The second-order valence-electron chi connectivity index (χ2n) is 4.02. The Morgan fingerprint density at radius 1 is 1.29 bits per heavy atom. The van der Waals surface area contributed by atoms with Crippen LogP contribution in [-0.2, 0) is 4.79 Å². The molecule has 0 saturated carbocycles. The number of hydrogen-bond acceptors (Lipinski definition) is 3. The molecule has 1 N–H and O–H groups in total. The molecule has 2 rings (SSSR count). The van der Waals surface area contributed by atoms with Crippen molar-refractivity contribution >= 4 is 33.6 Å². The van der Waals surface area contributed by atoms with E-state index in [9.17, 15) is 10.0 Å². The molecule has 1 heterocycles. The van der Waals surface area contributed by atoms with Gasteiger partial charge in [0, 0.05) is 15.9 Å². The molecule has 3 nitrogen and oxygen atoms in total. The van der Waals surface area contributed by atoms with E-state index in [1.807, 2.05) is 24.3 Å². The van der Waals surface area contributed by atoms with Crippen LogP contribution in [0.2, 0.25) is 0 Å². The van der Waals surface area contributed by atoms with Gasteiger partial charge < -0.3 is 0 Å². The van der Waals surface area contributed by atoms with Crippen molar-refractivity contribution < 1.29 is 10.0 Å². The summed E-state index contributed by atoms with van der Waals surface area (Å²) in [5.74, 6) is -0.171. The number of carbonyl (C=O) groups excluding carboxylic acids is 1. The lowest BCUT2D eigenvalue weighted by molar-refractivity contribution is -0.163. The van der Waals surface area contributed by atoms with Crippen LogP contribution in [0.3, 0.4) is 0 Å². The van der Waals surface area contributed by atoms with Crippen LogP contribution in [0.15, 0.2) is 33.6 Å². The van der Waals surface area contributed by atoms with Crippen molar-refractivity contribution in [1.29, 1.82) is 0 Å². The minimum atomic E-state index is -0.171. The first-order valence-electron chi connectivity index (χ1n) is 5.59. The second-order valence-corrected chi connectivity index (χ2v) is 6.21. The molecule has 0 aromatic heterocycles. The molecular formula is C12H14BrNO2S. The summed E-state index contributed by atoms with van der Waals surface area (Å²) >= 11 is 4.91. The fourth-order valence-electron chi connectivity index (χ4n) is 1.78. The van der Waals surface area contributed by atoms with E-state index in [1.54, 1.807) is 0 Å². The maximum Gasteiger partial charge on any atom is 0.259 e. The summed E-state index contributed by atoms with van der Waals surface area (Å²) in [7, 11) is 0. The van der Waals surface area contributed by atoms with Crippen molar-refractivity contribution in [3.05, 3.63) is 28.7 Å². The van der Waals surface area contributed by atoms with Crippen molar-refractivity contribution in [1.82, 2.24) is 5.06 Å². The fraction of sp³-hybridized carbons (Fsp3) is 0.417. The standard InChI is InChI=1S/C12H14BrNO2S/c13-9-4-6-10(7-5-9)17-11-3-1-2-8-14(16)12(11)15/h4-7,11,16H,1-3,8H2. The van der Waals surface area contributed by atoms with Crippen molar-refractivity contribution in [2.75, 3.05) is 6.54 Å². The molecule has 0 aliphatic carbocycles. The normalized spacial score (nSPS) is 21.4. The average molecular weight is 316 g/mol. The van der Waals surface area contributed by atoms with Crippen LogP contribution in [0, 0.1) is 0 Å². The van der Waals surface area contributed by atoms with Crippen molar-refractivity contribution in [2.45, 2.75) is 29.4 Å². The van der Waals surface area contributed by atoms with Gasteiger partial charge in [-0.2, -0.15) is 0 Å².